The molecule has 0 spiro atoms. The standard InChI is InChI=1S/C19H25N3O3S/c1-5-22(6-2)26(24,25)17-10-9-14(3)18(12-17)19(23)21-15(4)16-8-7-11-20-13-16/h7-13,15H,5-6H2,1-4H3,(H,21,23). The van der Waals surface area contributed by atoms with Gasteiger partial charge in [0.25, 0.3) is 5.91 Å². The van der Waals surface area contributed by atoms with Crippen molar-refractivity contribution >= 4 is 15.9 Å². The molecule has 0 saturated carbocycles. The second-order valence-electron chi connectivity index (χ2n) is 6.05. The first-order chi connectivity index (χ1) is 12.3. The minimum atomic E-state index is -3.61. The van der Waals surface area contributed by atoms with Gasteiger partial charge in [-0.05, 0) is 43.2 Å². The zero-order valence-corrected chi connectivity index (χ0v) is 16.4. The molecule has 1 atom stereocenters. The van der Waals surface area contributed by atoms with Crippen LogP contribution in [0.2, 0.25) is 0 Å². The number of rotatable bonds is 7. The third kappa shape index (κ3) is 4.28. The second-order valence-corrected chi connectivity index (χ2v) is 7.99. The number of amides is 1. The molecule has 6 nitrogen and oxygen atoms in total. The predicted molar refractivity (Wildman–Crippen MR) is 101 cm³/mol. The monoisotopic (exact) mass is 375 g/mol. The van der Waals surface area contributed by atoms with Gasteiger partial charge in [0.2, 0.25) is 10.0 Å². The molecule has 0 radical (unpaired) electrons. The van der Waals surface area contributed by atoms with E-state index in [4.69, 9.17) is 0 Å². The van der Waals surface area contributed by atoms with E-state index in [9.17, 15) is 13.2 Å². The molecule has 2 aromatic rings. The number of sulfonamides is 1. The van der Waals surface area contributed by atoms with Gasteiger partial charge in [-0.3, -0.25) is 9.78 Å². The normalized spacial score (nSPS) is 12.8. The summed E-state index contributed by atoms with van der Waals surface area (Å²) >= 11 is 0. The van der Waals surface area contributed by atoms with Gasteiger partial charge in [-0.15, -0.1) is 0 Å². The van der Waals surface area contributed by atoms with Crippen molar-refractivity contribution in [2.24, 2.45) is 0 Å². The van der Waals surface area contributed by atoms with E-state index in [1.54, 1.807) is 51.4 Å². The summed E-state index contributed by atoms with van der Waals surface area (Å²) in [6.07, 6.45) is 3.36. The van der Waals surface area contributed by atoms with Gasteiger partial charge in [0.15, 0.2) is 0 Å². The predicted octanol–water partition coefficient (Wildman–Crippen LogP) is 2.91. The lowest BCUT2D eigenvalue weighted by atomic mass is 10.1. The van der Waals surface area contributed by atoms with Crippen LogP contribution in [-0.4, -0.2) is 36.7 Å². The van der Waals surface area contributed by atoms with Gasteiger partial charge in [-0.25, -0.2) is 8.42 Å². The zero-order chi connectivity index (χ0) is 19.3. The molecule has 26 heavy (non-hydrogen) atoms. The molecule has 0 aliphatic rings. The van der Waals surface area contributed by atoms with Gasteiger partial charge in [-0.2, -0.15) is 4.31 Å². The van der Waals surface area contributed by atoms with Gasteiger partial charge in [-0.1, -0.05) is 26.0 Å². The molecule has 1 amide bonds. The van der Waals surface area contributed by atoms with E-state index in [-0.39, 0.29) is 16.8 Å². The zero-order valence-electron chi connectivity index (χ0n) is 15.6. The van der Waals surface area contributed by atoms with E-state index in [1.165, 1.54) is 10.4 Å². The van der Waals surface area contributed by atoms with Gasteiger partial charge in [0, 0.05) is 31.0 Å². The molecule has 0 aliphatic carbocycles. The minimum absolute atomic E-state index is 0.131. The molecule has 0 aliphatic heterocycles. The van der Waals surface area contributed by atoms with Crippen molar-refractivity contribution < 1.29 is 13.2 Å². The number of nitrogens with zero attached hydrogens (tertiary/aromatic N) is 2. The Morgan fingerprint density at radius 1 is 1.23 bits per heavy atom. The van der Waals surface area contributed by atoms with Gasteiger partial charge < -0.3 is 5.32 Å². The Hall–Kier alpha value is -2.25. The van der Waals surface area contributed by atoms with E-state index in [0.29, 0.717) is 18.7 Å². The number of carbonyl (C=O) groups excluding carboxylic acids is 1. The second kappa shape index (κ2) is 8.42. The Balaban J connectivity index is 2.31. The minimum Gasteiger partial charge on any atom is -0.345 e. The molecule has 1 N–H and O–H groups in total. The van der Waals surface area contributed by atoms with E-state index in [1.807, 2.05) is 13.0 Å². The first kappa shape index (κ1) is 20.1. The molecule has 0 bridgehead atoms. The van der Waals surface area contributed by atoms with Crippen LogP contribution >= 0.6 is 0 Å². The quantitative estimate of drug-likeness (QED) is 0.807. The van der Waals surface area contributed by atoms with Crippen molar-refractivity contribution in [3.05, 3.63) is 59.4 Å². The summed E-state index contributed by atoms with van der Waals surface area (Å²) in [6, 6.07) is 8.12. The molecule has 0 saturated heterocycles. The smallest absolute Gasteiger partial charge is 0.252 e. The lowest BCUT2D eigenvalue weighted by Crippen LogP contribution is -2.31. The van der Waals surface area contributed by atoms with Crippen molar-refractivity contribution in [1.82, 2.24) is 14.6 Å². The number of hydrogen-bond donors (Lipinski definition) is 1. The van der Waals surface area contributed by atoms with Crippen molar-refractivity contribution in [2.45, 2.75) is 38.6 Å². The van der Waals surface area contributed by atoms with Crippen LogP contribution in [0.3, 0.4) is 0 Å². The third-order valence-electron chi connectivity index (χ3n) is 4.33. The van der Waals surface area contributed by atoms with Gasteiger partial charge in [0.1, 0.15) is 0 Å². The van der Waals surface area contributed by atoms with Crippen molar-refractivity contribution in [1.29, 1.82) is 0 Å². The number of aromatic nitrogens is 1. The highest BCUT2D eigenvalue weighted by Crippen LogP contribution is 2.20. The molecule has 1 unspecified atom stereocenters. The Labute approximate surface area is 155 Å². The van der Waals surface area contributed by atoms with Crippen LogP contribution in [0.4, 0.5) is 0 Å². The number of nitrogens with one attached hydrogen (secondary N) is 1. The molecule has 1 aromatic heterocycles. The number of benzene rings is 1. The van der Waals surface area contributed by atoms with Crippen LogP contribution in [0.25, 0.3) is 0 Å². The number of hydrogen-bond acceptors (Lipinski definition) is 4. The molecule has 140 valence electrons. The topological polar surface area (TPSA) is 79.4 Å². The molecular formula is C19H25N3O3S. The lowest BCUT2D eigenvalue weighted by molar-refractivity contribution is 0.0939. The van der Waals surface area contributed by atoms with Crippen molar-refractivity contribution in [2.75, 3.05) is 13.1 Å². The molecule has 7 heteroatoms. The maximum Gasteiger partial charge on any atom is 0.252 e. The summed E-state index contributed by atoms with van der Waals surface area (Å²) in [5.41, 5.74) is 1.96. The van der Waals surface area contributed by atoms with E-state index >= 15 is 0 Å². The summed E-state index contributed by atoms with van der Waals surface area (Å²) in [5.74, 6) is -0.310. The average Bonchev–Trinajstić information content (AvgIpc) is 2.63. The fraction of sp³-hybridized carbons (Fsp3) is 0.368. The van der Waals surface area contributed by atoms with E-state index in [0.717, 1.165) is 11.1 Å². The van der Waals surface area contributed by atoms with Crippen molar-refractivity contribution in [3.8, 4) is 0 Å². The molecule has 2 rings (SSSR count). The molecule has 0 fully saturated rings. The maximum absolute atomic E-state index is 12.7. The van der Waals surface area contributed by atoms with E-state index < -0.39 is 10.0 Å². The van der Waals surface area contributed by atoms with Crippen molar-refractivity contribution in [3.63, 3.8) is 0 Å². The highest BCUT2D eigenvalue weighted by Gasteiger charge is 2.23. The largest absolute Gasteiger partial charge is 0.345 e. The first-order valence-electron chi connectivity index (χ1n) is 8.62. The van der Waals surface area contributed by atoms with Crippen LogP contribution in [0.15, 0.2) is 47.6 Å². The van der Waals surface area contributed by atoms with Gasteiger partial charge >= 0.3 is 0 Å². The Bertz CT molecular complexity index is 863. The molecular weight excluding hydrogens is 350 g/mol. The number of aryl methyl sites for hydroxylation is 1. The fourth-order valence-corrected chi connectivity index (χ4v) is 4.19. The average molecular weight is 375 g/mol. The summed E-state index contributed by atoms with van der Waals surface area (Å²) in [4.78, 5) is 16.9. The Kier molecular flexibility index (Phi) is 6.50. The van der Waals surface area contributed by atoms with Crippen LogP contribution in [0.5, 0.6) is 0 Å². The van der Waals surface area contributed by atoms with Crippen LogP contribution in [0.1, 0.15) is 48.3 Å². The third-order valence-corrected chi connectivity index (χ3v) is 6.37. The highest BCUT2D eigenvalue weighted by molar-refractivity contribution is 7.89. The van der Waals surface area contributed by atoms with Crippen LogP contribution in [0, 0.1) is 6.92 Å². The highest BCUT2D eigenvalue weighted by atomic mass is 32.2. The Morgan fingerprint density at radius 2 is 1.92 bits per heavy atom. The summed E-state index contributed by atoms with van der Waals surface area (Å²) in [6.45, 7) is 7.99. The number of pyridine rings is 1. The van der Waals surface area contributed by atoms with Crippen LogP contribution < -0.4 is 5.32 Å². The molecule has 1 heterocycles. The first-order valence-corrected chi connectivity index (χ1v) is 10.1. The Morgan fingerprint density at radius 3 is 2.50 bits per heavy atom. The summed E-state index contributed by atoms with van der Waals surface area (Å²) in [7, 11) is -3.61. The van der Waals surface area contributed by atoms with E-state index in [2.05, 4.69) is 10.3 Å². The SMILES string of the molecule is CCN(CC)S(=O)(=O)c1ccc(C)c(C(=O)NC(C)c2cccnc2)c1. The maximum atomic E-state index is 12.7. The summed E-state index contributed by atoms with van der Waals surface area (Å²) in [5, 5.41) is 2.90. The van der Waals surface area contributed by atoms with Gasteiger partial charge in [0.05, 0.1) is 10.9 Å². The molecule has 1 aromatic carbocycles. The lowest BCUT2D eigenvalue weighted by Gasteiger charge is -2.20. The van der Waals surface area contributed by atoms with Crippen LogP contribution in [-0.2, 0) is 10.0 Å². The number of carbonyl (C=O) groups is 1. The summed E-state index contributed by atoms with van der Waals surface area (Å²) < 4.78 is 26.8. The fourth-order valence-electron chi connectivity index (χ4n) is 2.71.